The molecule has 0 radical (unpaired) electrons. The molecule has 184 valence electrons. The Bertz CT molecular complexity index is 1520. The van der Waals surface area contributed by atoms with Crippen molar-refractivity contribution in [2.75, 3.05) is 5.73 Å². The van der Waals surface area contributed by atoms with Gasteiger partial charge in [0.05, 0.1) is 46.6 Å². The van der Waals surface area contributed by atoms with E-state index < -0.39 is 35.9 Å². The number of alkyl halides is 6. The van der Waals surface area contributed by atoms with Gasteiger partial charge in [0, 0.05) is 11.1 Å². The van der Waals surface area contributed by atoms with E-state index in [0.29, 0.717) is 12.1 Å². The predicted molar refractivity (Wildman–Crippen MR) is 114 cm³/mol. The molecule has 0 atom stereocenters. The van der Waals surface area contributed by atoms with Gasteiger partial charge in [0.2, 0.25) is 11.9 Å². The number of hydrogen-bond donors (Lipinski definition) is 2. The molecule has 0 bridgehead atoms. The Kier molecular flexibility index (Phi) is 5.79. The van der Waals surface area contributed by atoms with Crippen molar-refractivity contribution in [1.82, 2.24) is 19.7 Å². The van der Waals surface area contributed by atoms with E-state index in [-0.39, 0.29) is 51.0 Å². The maximum Gasteiger partial charge on any atom is 0.416 e. The summed E-state index contributed by atoms with van der Waals surface area (Å²) in [6.07, 6.45) is -8.77. The van der Waals surface area contributed by atoms with Crippen LogP contribution in [0.5, 0.6) is 0 Å². The number of fused-ring (bicyclic) bond motifs is 1. The van der Waals surface area contributed by atoms with Crippen molar-refractivity contribution in [2.24, 2.45) is 5.73 Å². The zero-order chi connectivity index (χ0) is 26.4. The minimum absolute atomic E-state index is 0.00502. The first kappa shape index (κ1) is 24.5. The number of halogens is 6. The van der Waals surface area contributed by atoms with E-state index >= 15 is 0 Å². The summed E-state index contributed by atoms with van der Waals surface area (Å²) >= 11 is 0. The zero-order valence-electron chi connectivity index (χ0n) is 17.8. The minimum Gasteiger partial charge on any atom is -0.368 e. The second-order valence-electron chi connectivity index (χ2n) is 7.66. The molecule has 0 saturated carbocycles. The third kappa shape index (κ3) is 4.76. The minimum atomic E-state index is -5.01. The van der Waals surface area contributed by atoms with Gasteiger partial charge in [0.15, 0.2) is 5.65 Å². The lowest BCUT2D eigenvalue weighted by Crippen LogP contribution is -2.13. The number of nitrogens with two attached hydrogens (primary N) is 2. The molecule has 0 aliphatic carbocycles. The number of hydrogen-bond acceptors (Lipinski definition) is 6. The summed E-state index contributed by atoms with van der Waals surface area (Å²) < 4.78 is 80.4. The summed E-state index contributed by atoms with van der Waals surface area (Å²) in [5.41, 5.74) is 8.33. The maximum atomic E-state index is 13.2. The first-order valence-electron chi connectivity index (χ1n) is 9.89. The van der Waals surface area contributed by atoms with Crippen LogP contribution in [0, 0.1) is 11.3 Å². The standard InChI is InChI=1S/C22H13F6N7O/c23-21(24,25)14-3-11(4-15(6-14)22(26,27)28)9-35-19-16(8-32-35)17(33-20(31)34-19)12-1-10(7-29)2-13(5-12)18(30)36/h1-6,8H,9H2,(H2,30,36)(H2,31,33,34). The number of carbonyl (C=O) groups is 1. The lowest BCUT2D eigenvalue weighted by Gasteiger charge is -2.14. The normalized spacial score (nSPS) is 12.0. The van der Waals surface area contributed by atoms with Crippen molar-refractivity contribution in [2.45, 2.75) is 18.9 Å². The van der Waals surface area contributed by atoms with Crippen LogP contribution in [0.2, 0.25) is 0 Å². The highest BCUT2D eigenvalue weighted by molar-refractivity contribution is 5.97. The number of rotatable bonds is 4. The fraction of sp³-hybridized carbons (Fsp3) is 0.136. The summed E-state index contributed by atoms with van der Waals surface area (Å²) in [5, 5.41) is 13.5. The lowest BCUT2D eigenvalue weighted by molar-refractivity contribution is -0.143. The van der Waals surface area contributed by atoms with Gasteiger partial charge >= 0.3 is 12.4 Å². The van der Waals surface area contributed by atoms with Crippen molar-refractivity contribution in [3.8, 4) is 17.3 Å². The van der Waals surface area contributed by atoms with Crippen LogP contribution in [0.15, 0.2) is 42.6 Å². The molecule has 8 nitrogen and oxygen atoms in total. The first-order chi connectivity index (χ1) is 16.8. The van der Waals surface area contributed by atoms with Crippen LogP contribution in [0.3, 0.4) is 0 Å². The number of aromatic nitrogens is 4. The number of nitrogens with zero attached hydrogens (tertiary/aromatic N) is 5. The molecule has 2 aromatic carbocycles. The van der Waals surface area contributed by atoms with Crippen molar-refractivity contribution >= 4 is 22.9 Å². The fourth-order valence-corrected chi connectivity index (χ4v) is 3.56. The van der Waals surface area contributed by atoms with E-state index in [9.17, 15) is 36.4 Å². The molecule has 0 saturated heterocycles. The van der Waals surface area contributed by atoms with Gasteiger partial charge in [0.1, 0.15) is 0 Å². The lowest BCUT2D eigenvalue weighted by atomic mass is 10.0. The third-order valence-corrected chi connectivity index (χ3v) is 5.11. The average molecular weight is 505 g/mol. The predicted octanol–water partition coefficient (Wildman–Crippen LogP) is 4.13. The van der Waals surface area contributed by atoms with E-state index in [1.807, 2.05) is 6.07 Å². The molecule has 4 aromatic rings. The molecule has 0 aliphatic rings. The van der Waals surface area contributed by atoms with Gasteiger partial charge in [-0.25, -0.2) is 9.67 Å². The number of amides is 1. The van der Waals surface area contributed by atoms with Gasteiger partial charge in [-0.05, 0) is 42.0 Å². The SMILES string of the molecule is N#Cc1cc(C(N)=O)cc(-c2nc(N)nc3c2cnn3Cc2cc(C(F)(F)F)cc(C(F)(F)F)c2)c1. The number of nitrogen functional groups attached to an aromatic ring is 1. The van der Waals surface area contributed by atoms with Gasteiger partial charge in [-0.2, -0.15) is 41.7 Å². The highest BCUT2D eigenvalue weighted by atomic mass is 19.4. The highest BCUT2D eigenvalue weighted by Gasteiger charge is 2.37. The zero-order valence-corrected chi connectivity index (χ0v) is 17.8. The van der Waals surface area contributed by atoms with Gasteiger partial charge in [-0.3, -0.25) is 4.79 Å². The number of carbonyl (C=O) groups excluding carboxylic acids is 1. The third-order valence-electron chi connectivity index (χ3n) is 5.11. The molecule has 2 heterocycles. The molecule has 4 rings (SSSR count). The number of anilines is 1. The molecule has 14 heteroatoms. The quantitative estimate of drug-likeness (QED) is 0.400. The van der Waals surface area contributed by atoms with E-state index in [2.05, 4.69) is 15.1 Å². The molecule has 4 N–H and O–H groups in total. The van der Waals surface area contributed by atoms with E-state index in [4.69, 9.17) is 11.5 Å². The van der Waals surface area contributed by atoms with Crippen LogP contribution in [0.25, 0.3) is 22.3 Å². The number of benzene rings is 2. The molecule has 1 amide bonds. The largest absolute Gasteiger partial charge is 0.416 e. The summed E-state index contributed by atoms with van der Waals surface area (Å²) in [5.74, 6) is -1.10. The molecule has 0 aliphatic heterocycles. The van der Waals surface area contributed by atoms with E-state index in [1.165, 1.54) is 24.4 Å². The van der Waals surface area contributed by atoms with Gasteiger partial charge in [-0.15, -0.1) is 0 Å². The second kappa shape index (κ2) is 8.52. The van der Waals surface area contributed by atoms with Gasteiger partial charge in [-0.1, -0.05) is 0 Å². The fourth-order valence-electron chi connectivity index (χ4n) is 3.56. The van der Waals surface area contributed by atoms with Crippen LogP contribution in [0.1, 0.15) is 32.6 Å². The Balaban J connectivity index is 1.86. The number of primary amides is 1. The smallest absolute Gasteiger partial charge is 0.368 e. The van der Waals surface area contributed by atoms with Crippen molar-refractivity contribution in [3.05, 3.63) is 70.4 Å². The Hall–Kier alpha value is -4.67. The Morgan fingerprint density at radius 1 is 0.972 bits per heavy atom. The topological polar surface area (TPSA) is 136 Å². The molecule has 0 spiro atoms. The Morgan fingerprint density at radius 2 is 1.61 bits per heavy atom. The highest BCUT2D eigenvalue weighted by Crippen LogP contribution is 2.37. The van der Waals surface area contributed by atoms with Crippen molar-refractivity contribution in [3.63, 3.8) is 0 Å². The van der Waals surface area contributed by atoms with Crippen LogP contribution >= 0.6 is 0 Å². The summed E-state index contributed by atoms with van der Waals surface area (Å²) in [4.78, 5) is 19.8. The average Bonchev–Trinajstić information content (AvgIpc) is 3.19. The molecule has 36 heavy (non-hydrogen) atoms. The monoisotopic (exact) mass is 505 g/mol. The van der Waals surface area contributed by atoms with Crippen molar-refractivity contribution in [1.29, 1.82) is 5.26 Å². The van der Waals surface area contributed by atoms with Crippen LogP contribution in [-0.2, 0) is 18.9 Å². The number of nitriles is 1. The van der Waals surface area contributed by atoms with Crippen LogP contribution < -0.4 is 11.5 Å². The van der Waals surface area contributed by atoms with E-state index in [1.54, 1.807) is 0 Å². The first-order valence-corrected chi connectivity index (χ1v) is 9.89. The second-order valence-corrected chi connectivity index (χ2v) is 7.66. The van der Waals surface area contributed by atoms with Crippen LogP contribution in [-0.4, -0.2) is 25.7 Å². The van der Waals surface area contributed by atoms with Crippen LogP contribution in [0.4, 0.5) is 32.3 Å². The molecular formula is C22H13F6N7O. The maximum absolute atomic E-state index is 13.2. The molecule has 0 fully saturated rings. The summed E-state index contributed by atoms with van der Waals surface area (Å²) in [7, 11) is 0. The van der Waals surface area contributed by atoms with Gasteiger partial charge in [0.25, 0.3) is 0 Å². The summed E-state index contributed by atoms with van der Waals surface area (Å²) in [6, 6.07) is 7.10. The summed E-state index contributed by atoms with van der Waals surface area (Å²) in [6.45, 7) is -0.503. The Morgan fingerprint density at radius 3 is 2.17 bits per heavy atom. The molecule has 0 unspecified atom stereocenters. The van der Waals surface area contributed by atoms with Gasteiger partial charge < -0.3 is 11.5 Å². The van der Waals surface area contributed by atoms with E-state index in [0.717, 1.165) is 4.68 Å². The Labute approximate surface area is 197 Å². The molecular weight excluding hydrogens is 492 g/mol. The molecule has 2 aromatic heterocycles. The van der Waals surface area contributed by atoms with Crippen molar-refractivity contribution < 1.29 is 31.1 Å².